The molecule has 1 N–H and O–H groups in total. The number of nitrogens with one attached hydrogen (secondary N) is 1. The molecule has 6 nitrogen and oxygen atoms in total. The normalized spacial score (nSPS) is 12.4. The number of ketones is 1. The molecule has 0 aliphatic carbocycles. The molecule has 3 rings (SSSR count). The zero-order chi connectivity index (χ0) is 18.0. The molecule has 0 aliphatic rings. The summed E-state index contributed by atoms with van der Waals surface area (Å²) < 4.78 is 1.77. The molecule has 2 aromatic heterocycles. The van der Waals surface area contributed by atoms with Gasteiger partial charge >= 0.3 is 0 Å². The van der Waals surface area contributed by atoms with Crippen LogP contribution in [0.15, 0.2) is 30.3 Å². The Morgan fingerprint density at radius 2 is 2.04 bits per heavy atom. The molecule has 6 heteroatoms. The van der Waals surface area contributed by atoms with Crippen molar-refractivity contribution >= 4 is 16.8 Å². The fourth-order valence-corrected chi connectivity index (χ4v) is 3.11. The Morgan fingerprint density at radius 3 is 2.68 bits per heavy atom. The molecule has 3 aromatic rings. The fraction of sp³-hybridized carbons (Fsp3) is 0.368. The molecule has 0 unspecified atom stereocenters. The van der Waals surface area contributed by atoms with Crippen LogP contribution in [0.4, 0.5) is 0 Å². The van der Waals surface area contributed by atoms with E-state index in [4.69, 9.17) is 0 Å². The SMILES string of the molecule is CCC(CC)n1nc(C)cc1C(=O)[C@@H](C#N)c1nc2ccccc2[nH]1. The highest BCUT2D eigenvalue weighted by atomic mass is 16.1. The Labute approximate surface area is 146 Å². The Hall–Kier alpha value is -2.94. The minimum atomic E-state index is -0.975. The third-order valence-electron chi connectivity index (χ3n) is 4.47. The summed E-state index contributed by atoms with van der Waals surface area (Å²) in [5.41, 5.74) is 2.81. The first-order chi connectivity index (χ1) is 12.1. The Kier molecular flexibility index (Phi) is 4.66. The maximum absolute atomic E-state index is 13.1. The van der Waals surface area contributed by atoms with Gasteiger partial charge in [-0.2, -0.15) is 10.4 Å². The molecule has 1 atom stereocenters. The van der Waals surface area contributed by atoms with Crippen molar-refractivity contribution in [3.05, 3.63) is 47.5 Å². The molecule has 0 saturated carbocycles. The van der Waals surface area contributed by atoms with Crippen molar-refractivity contribution in [2.24, 2.45) is 0 Å². The zero-order valence-electron chi connectivity index (χ0n) is 14.7. The highest BCUT2D eigenvalue weighted by Gasteiger charge is 2.29. The Balaban J connectivity index is 2.02. The second-order valence-electron chi connectivity index (χ2n) is 6.15. The van der Waals surface area contributed by atoms with Crippen molar-refractivity contribution in [2.45, 2.75) is 45.6 Å². The molecular weight excluding hydrogens is 314 g/mol. The number of imidazole rings is 1. The van der Waals surface area contributed by atoms with Crippen LogP contribution < -0.4 is 0 Å². The lowest BCUT2D eigenvalue weighted by atomic mass is 10.0. The van der Waals surface area contributed by atoms with Gasteiger partial charge in [0, 0.05) is 0 Å². The van der Waals surface area contributed by atoms with Crippen LogP contribution >= 0.6 is 0 Å². The molecule has 25 heavy (non-hydrogen) atoms. The highest BCUT2D eigenvalue weighted by molar-refractivity contribution is 6.01. The van der Waals surface area contributed by atoms with E-state index >= 15 is 0 Å². The molecular formula is C19H21N5O. The van der Waals surface area contributed by atoms with Gasteiger partial charge in [0.15, 0.2) is 5.92 Å². The van der Waals surface area contributed by atoms with Crippen molar-refractivity contribution in [3.63, 3.8) is 0 Å². The summed E-state index contributed by atoms with van der Waals surface area (Å²) >= 11 is 0. The predicted molar refractivity (Wildman–Crippen MR) is 95.4 cm³/mol. The smallest absolute Gasteiger partial charge is 0.205 e. The lowest BCUT2D eigenvalue weighted by Crippen LogP contribution is -2.20. The first-order valence-electron chi connectivity index (χ1n) is 8.53. The lowest BCUT2D eigenvalue weighted by molar-refractivity contribution is 0.0963. The van der Waals surface area contributed by atoms with Gasteiger partial charge in [-0.1, -0.05) is 26.0 Å². The molecule has 0 fully saturated rings. The number of aryl methyl sites for hydroxylation is 1. The van der Waals surface area contributed by atoms with Gasteiger partial charge in [0.05, 0.1) is 28.8 Å². The van der Waals surface area contributed by atoms with Crippen LogP contribution in [0.5, 0.6) is 0 Å². The summed E-state index contributed by atoms with van der Waals surface area (Å²) in [6, 6.07) is 11.5. The van der Waals surface area contributed by atoms with Crippen LogP contribution in [0.25, 0.3) is 11.0 Å². The molecule has 0 radical (unpaired) electrons. The number of aromatic amines is 1. The number of nitriles is 1. The molecule has 0 amide bonds. The van der Waals surface area contributed by atoms with E-state index in [0.29, 0.717) is 11.5 Å². The van der Waals surface area contributed by atoms with Gasteiger partial charge in [-0.05, 0) is 38.0 Å². The number of rotatable bonds is 6. The number of nitrogens with zero attached hydrogens (tertiary/aromatic N) is 4. The van der Waals surface area contributed by atoms with E-state index in [1.807, 2.05) is 31.2 Å². The molecule has 0 bridgehead atoms. The van der Waals surface area contributed by atoms with E-state index in [1.165, 1.54) is 0 Å². The lowest BCUT2D eigenvalue weighted by Gasteiger charge is -2.17. The topological polar surface area (TPSA) is 87.4 Å². The summed E-state index contributed by atoms with van der Waals surface area (Å²) in [6.07, 6.45) is 1.75. The van der Waals surface area contributed by atoms with Crippen LogP contribution in [0.3, 0.4) is 0 Å². The molecule has 0 spiro atoms. The average molecular weight is 335 g/mol. The van der Waals surface area contributed by atoms with E-state index in [1.54, 1.807) is 10.7 Å². The van der Waals surface area contributed by atoms with Crippen LogP contribution in [0, 0.1) is 18.3 Å². The van der Waals surface area contributed by atoms with Crippen LogP contribution in [-0.2, 0) is 0 Å². The summed E-state index contributed by atoms with van der Waals surface area (Å²) in [5, 5.41) is 14.1. The first-order valence-corrected chi connectivity index (χ1v) is 8.53. The van der Waals surface area contributed by atoms with Gasteiger partial charge in [0.1, 0.15) is 11.5 Å². The number of H-pyrrole nitrogens is 1. The second kappa shape index (κ2) is 6.89. The van der Waals surface area contributed by atoms with Gasteiger partial charge in [-0.3, -0.25) is 9.48 Å². The number of aromatic nitrogens is 4. The van der Waals surface area contributed by atoms with Crippen molar-refractivity contribution in [3.8, 4) is 6.07 Å². The molecule has 1 aromatic carbocycles. The number of carbonyl (C=O) groups excluding carboxylic acids is 1. The highest BCUT2D eigenvalue weighted by Crippen LogP contribution is 2.25. The number of hydrogen-bond acceptors (Lipinski definition) is 4. The first kappa shape index (κ1) is 16.9. The average Bonchev–Trinajstić information content (AvgIpc) is 3.20. The van der Waals surface area contributed by atoms with Gasteiger partial charge in [0.25, 0.3) is 0 Å². The standard InChI is InChI=1S/C19H21N5O/c1-4-13(5-2)24-17(10-12(3)23-24)18(25)14(11-20)19-21-15-8-6-7-9-16(15)22-19/h6-10,13-14H,4-5H2,1-3H3,(H,21,22)/t14-/m1/s1. The van der Waals surface area contributed by atoms with E-state index in [9.17, 15) is 10.1 Å². The fourth-order valence-electron chi connectivity index (χ4n) is 3.11. The van der Waals surface area contributed by atoms with Crippen LogP contribution in [0.2, 0.25) is 0 Å². The number of para-hydroxylation sites is 2. The monoisotopic (exact) mass is 335 g/mol. The van der Waals surface area contributed by atoms with Gasteiger partial charge < -0.3 is 4.98 Å². The van der Waals surface area contributed by atoms with Crippen LogP contribution in [-0.4, -0.2) is 25.5 Å². The maximum atomic E-state index is 13.1. The Bertz CT molecular complexity index is 909. The van der Waals surface area contributed by atoms with Gasteiger partial charge in [-0.25, -0.2) is 4.98 Å². The molecule has 128 valence electrons. The van der Waals surface area contributed by atoms with E-state index in [2.05, 4.69) is 35.0 Å². The van der Waals surface area contributed by atoms with Crippen molar-refractivity contribution in [1.29, 1.82) is 5.26 Å². The third-order valence-corrected chi connectivity index (χ3v) is 4.47. The van der Waals surface area contributed by atoms with Gasteiger partial charge in [0.2, 0.25) is 5.78 Å². The number of carbonyl (C=O) groups is 1. The summed E-state index contributed by atoms with van der Waals surface area (Å²) in [7, 11) is 0. The minimum absolute atomic E-state index is 0.141. The maximum Gasteiger partial charge on any atom is 0.205 e. The van der Waals surface area contributed by atoms with Gasteiger partial charge in [-0.15, -0.1) is 0 Å². The largest absolute Gasteiger partial charge is 0.340 e. The summed E-state index contributed by atoms with van der Waals surface area (Å²) in [4.78, 5) is 20.6. The molecule has 2 heterocycles. The quantitative estimate of drug-likeness (QED) is 0.692. The van der Waals surface area contributed by atoms with E-state index in [-0.39, 0.29) is 11.8 Å². The molecule has 0 aliphatic heterocycles. The molecule has 0 saturated heterocycles. The number of hydrogen-bond donors (Lipinski definition) is 1. The van der Waals surface area contributed by atoms with E-state index < -0.39 is 5.92 Å². The number of benzene rings is 1. The second-order valence-corrected chi connectivity index (χ2v) is 6.15. The zero-order valence-corrected chi connectivity index (χ0v) is 14.7. The summed E-state index contributed by atoms with van der Waals surface area (Å²) in [5.74, 6) is -0.866. The van der Waals surface area contributed by atoms with Crippen LogP contribution in [0.1, 0.15) is 60.7 Å². The number of fused-ring (bicyclic) bond motifs is 1. The van der Waals surface area contributed by atoms with E-state index in [0.717, 1.165) is 29.6 Å². The van der Waals surface area contributed by atoms with Crippen molar-refractivity contribution in [2.75, 3.05) is 0 Å². The minimum Gasteiger partial charge on any atom is -0.340 e. The number of Topliss-reactive ketones (excluding diaryl/α,β-unsaturated/α-hetero) is 1. The Morgan fingerprint density at radius 1 is 1.32 bits per heavy atom. The summed E-state index contributed by atoms with van der Waals surface area (Å²) in [6.45, 7) is 6.00. The van der Waals surface area contributed by atoms with Crippen molar-refractivity contribution < 1.29 is 4.79 Å². The predicted octanol–water partition coefficient (Wildman–Crippen LogP) is 3.92. The van der Waals surface area contributed by atoms with Crippen molar-refractivity contribution in [1.82, 2.24) is 19.7 Å². The third kappa shape index (κ3) is 3.05.